The van der Waals surface area contributed by atoms with Crippen LogP contribution in [-0.2, 0) is 4.74 Å². The molecule has 0 spiro atoms. The summed E-state index contributed by atoms with van der Waals surface area (Å²) < 4.78 is 5.46. The van der Waals surface area contributed by atoms with E-state index in [-0.39, 0.29) is 0 Å². The van der Waals surface area contributed by atoms with Crippen molar-refractivity contribution in [2.24, 2.45) is 16.6 Å². The average molecular weight is 259 g/mol. The van der Waals surface area contributed by atoms with Crippen LogP contribution in [0.3, 0.4) is 0 Å². The van der Waals surface area contributed by atoms with Crippen LogP contribution >= 0.6 is 0 Å². The molecule has 1 fully saturated rings. The molecule has 0 aliphatic carbocycles. The second-order valence-electron chi connectivity index (χ2n) is 5.42. The Morgan fingerprint density at radius 1 is 1.21 bits per heavy atom. The Labute approximate surface area is 114 Å². The van der Waals surface area contributed by atoms with Crippen LogP contribution in [0.1, 0.15) is 18.4 Å². The molecular weight excluding hydrogens is 238 g/mol. The highest BCUT2D eigenvalue weighted by Gasteiger charge is 2.34. The molecule has 1 unspecified atom stereocenters. The Morgan fingerprint density at radius 3 is 2.58 bits per heavy atom. The van der Waals surface area contributed by atoms with Gasteiger partial charge in [-0.2, -0.15) is 0 Å². The first-order chi connectivity index (χ1) is 9.25. The van der Waals surface area contributed by atoms with Crippen molar-refractivity contribution in [1.29, 1.82) is 0 Å². The standard InChI is InChI=1S/C15H21N3O/c1-11-2-4-13(5-3-11)18-14(10-17-15(18)16)12-6-8-19-9-7-12/h2-5,12,14H,6-10H2,1H3,(H2,16,17). The first-order valence-electron chi connectivity index (χ1n) is 6.99. The van der Waals surface area contributed by atoms with Gasteiger partial charge in [-0.25, -0.2) is 0 Å². The SMILES string of the molecule is Cc1ccc(N2C(N)=NCC2C2CCOCC2)cc1. The van der Waals surface area contributed by atoms with Crippen LogP contribution in [0.2, 0.25) is 0 Å². The summed E-state index contributed by atoms with van der Waals surface area (Å²) in [6.07, 6.45) is 2.21. The number of aryl methyl sites for hydroxylation is 1. The molecule has 0 radical (unpaired) electrons. The topological polar surface area (TPSA) is 50.8 Å². The van der Waals surface area contributed by atoms with Crippen molar-refractivity contribution in [2.75, 3.05) is 24.7 Å². The van der Waals surface area contributed by atoms with E-state index in [1.807, 2.05) is 0 Å². The minimum atomic E-state index is 0.395. The lowest BCUT2D eigenvalue weighted by molar-refractivity contribution is 0.0603. The fourth-order valence-electron chi connectivity index (χ4n) is 3.00. The summed E-state index contributed by atoms with van der Waals surface area (Å²) >= 11 is 0. The molecule has 0 saturated carbocycles. The highest BCUT2D eigenvalue weighted by Crippen LogP contribution is 2.30. The molecule has 2 N–H and O–H groups in total. The summed E-state index contributed by atoms with van der Waals surface area (Å²) in [5.41, 5.74) is 8.51. The Balaban J connectivity index is 1.83. The van der Waals surface area contributed by atoms with Gasteiger partial charge in [0.15, 0.2) is 5.96 Å². The number of rotatable bonds is 2. The van der Waals surface area contributed by atoms with Crippen LogP contribution < -0.4 is 10.6 Å². The van der Waals surface area contributed by atoms with Crippen LogP contribution in [0.15, 0.2) is 29.3 Å². The van der Waals surface area contributed by atoms with Crippen molar-refractivity contribution in [3.05, 3.63) is 29.8 Å². The van der Waals surface area contributed by atoms with Crippen LogP contribution in [0.4, 0.5) is 5.69 Å². The molecule has 19 heavy (non-hydrogen) atoms. The molecule has 4 heteroatoms. The smallest absolute Gasteiger partial charge is 0.196 e. The Kier molecular flexibility index (Phi) is 3.42. The number of hydrogen-bond acceptors (Lipinski definition) is 4. The Morgan fingerprint density at radius 2 is 1.89 bits per heavy atom. The average Bonchev–Trinajstić information content (AvgIpc) is 2.83. The van der Waals surface area contributed by atoms with Gasteiger partial charge < -0.3 is 15.4 Å². The summed E-state index contributed by atoms with van der Waals surface area (Å²) in [4.78, 5) is 6.66. The van der Waals surface area contributed by atoms with Crippen molar-refractivity contribution < 1.29 is 4.74 Å². The molecule has 1 atom stereocenters. The van der Waals surface area contributed by atoms with Gasteiger partial charge in [0.25, 0.3) is 0 Å². The molecule has 2 aliphatic heterocycles. The number of anilines is 1. The summed E-state index contributed by atoms with van der Waals surface area (Å²) in [6, 6.07) is 8.92. The molecule has 1 aromatic rings. The number of nitrogens with zero attached hydrogens (tertiary/aromatic N) is 2. The maximum absolute atomic E-state index is 6.09. The number of ether oxygens (including phenoxy) is 1. The second-order valence-corrected chi connectivity index (χ2v) is 5.42. The Bertz CT molecular complexity index is 463. The molecule has 1 saturated heterocycles. The third-order valence-corrected chi connectivity index (χ3v) is 4.14. The van der Waals surface area contributed by atoms with Gasteiger partial charge >= 0.3 is 0 Å². The number of nitrogens with two attached hydrogens (primary N) is 1. The van der Waals surface area contributed by atoms with E-state index in [4.69, 9.17) is 10.5 Å². The van der Waals surface area contributed by atoms with Gasteiger partial charge in [0.1, 0.15) is 0 Å². The molecule has 1 aromatic carbocycles. The predicted molar refractivity (Wildman–Crippen MR) is 77.5 cm³/mol. The summed E-state index contributed by atoms with van der Waals surface area (Å²) in [7, 11) is 0. The van der Waals surface area contributed by atoms with E-state index in [9.17, 15) is 0 Å². The summed E-state index contributed by atoms with van der Waals surface area (Å²) in [5.74, 6) is 1.28. The van der Waals surface area contributed by atoms with Gasteiger partial charge in [0, 0.05) is 18.9 Å². The Hall–Kier alpha value is -1.55. The van der Waals surface area contributed by atoms with Crippen molar-refractivity contribution in [3.63, 3.8) is 0 Å². The predicted octanol–water partition coefficient (Wildman–Crippen LogP) is 1.92. The molecule has 102 valence electrons. The van der Waals surface area contributed by atoms with Crippen molar-refractivity contribution >= 4 is 11.6 Å². The summed E-state index contributed by atoms with van der Waals surface area (Å²) in [5, 5.41) is 0. The third kappa shape index (κ3) is 2.45. The van der Waals surface area contributed by atoms with E-state index in [0.29, 0.717) is 17.9 Å². The van der Waals surface area contributed by atoms with E-state index in [0.717, 1.165) is 38.3 Å². The lowest BCUT2D eigenvalue weighted by Gasteiger charge is -2.34. The number of aliphatic imine (C=N–C) groups is 1. The van der Waals surface area contributed by atoms with Gasteiger partial charge in [-0.15, -0.1) is 0 Å². The highest BCUT2D eigenvalue weighted by molar-refractivity contribution is 5.97. The molecular formula is C15H21N3O. The molecule has 0 bridgehead atoms. The number of benzene rings is 1. The monoisotopic (exact) mass is 259 g/mol. The normalized spacial score (nSPS) is 24.6. The number of hydrogen-bond donors (Lipinski definition) is 1. The quantitative estimate of drug-likeness (QED) is 0.883. The van der Waals surface area contributed by atoms with Crippen molar-refractivity contribution in [3.8, 4) is 0 Å². The zero-order chi connectivity index (χ0) is 13.2. The minimum absolute atomic E-state index is 0.395. The highest BCUT2D eigenvalue weighted by atomic mass is 16.5. The van der Waals surface area contributed by atoms with Gasteiger partial charge in [0.2, 0.25) is 0 Å². The van der Waals surface area contributed by atoms with Crippen LogP contribution in [0.5, 0.6) is 0 Å². The first-order valence-corrected chi connectivity index (χ1v) is 6.99. The molecule has 4 nitrogen and oxygen atoms in total. The lowest BCUT2D eigenvalue weighted by atomic mass is 9.91. The molecule has 0 amide bonds. The van der Waals surface area contributed by atoms with Crippen LogP contribution in [0.25, 0.3) is 0 Å². The largest absolute Gasteiger partial charge is 0.381 e. The lowest BCUT2D eigenvalue weighted by Crippen LogP contribution is -2.46. The second kappa shape index (κ2) is 5.21. The van der Waals surface area contributed by atoms with Crippen molar-refractivity contribution in [2.45, 2.75) is 25.8 Å². The zero-order valence-corrected chi connectivity index (χ0v) is 11.4. The number of guanidine groups is 1. The molecule has 3 rings (SSSR count). The zero-order valence-electron chi connectivity index (χ0n) is 11.4. The van der Waals surface area contributed by atoms with Gasteiger partial charge in [-0.3, -0.25) is 4.99 Å². The molecule has 0 aromatic heterocycles. The maximum atomic E-state index is 6.09. The summed E-state index contributed by atoms with van der Waals surface area (Å²) in [6.45, 7) is 4.64. The third-order valence-electron chi connectivity index (χ3n) is 4.14. The maximum Gasteiger partial charge on any atom is 0.196 e. The fourth-order valence-corrected chi connectivity index (χ4v) is 3.00. The van der Waals surface area contributed by atoms with E-state index < -0.39 is 0 Å². The van der Waals surface area contributed by atoms with Gasteiger partial charge in [0.05, 0.1) is 12.6 Å². The van der Waals surface area contributed by atoms with E-state index in [1.165, 1.54) is 5.56 Å². The fraction of sp³-hybridized carbons (Fsp3) is 0.533. The van der Waals surface area contributed by atoms with Crippen LogP contribution in [-0.4, -0.2) is 31.8 Å². The minimum Gasteiger partial charge on any atom is -0.381 e. The van der Waals surface area contributed by atoms with Gasteiger partial charge in [-0.1, -0.05) is 17.7 Å². The van der Waals surface area contributed by atoms with Crippen molar-refractivity contribution in [1.82, 2.24) is 0 Å². The first kappa shape index (κ1) is 12.5. The molecule has 2 heterocycles. The van der Waals surface area contributed by atoms with E-state index in [2.05, 4.69) is 41.1 Å². The van der Waals surface area contributed by atoms with Crippen LogP contribution in [0, 0.1) is 12.8 Å². The molecule has 2 aliphatic rings. The van der Waals surface area contributed by atoms with Gasteiger partial charge in [-0.05, 0) is 37.8 Å². The van der Waals surface area contributed by atoms with E-state index in [1.54, 1.807) is 0 Å². The van der Waals surface area contributed by atoms with E-state index >= 15 is 0 Å².